The summed E-state index contributed by atoms with van der Waals surface area (Å²) in [5, 5.41) is 15.6. The quantitative estimate of drug-likeness (QED) is 0.277. The van der Waals surface area contributed by atoms with Crippen molar-refractivity contribution in [1.29, 1.82) is 0 Å². The SMILES string of the molecule is CCCCCCCC(=O)OCC(C)(C)C(=O)C(O)(Oc1ccc(Cl)cc1)n1cncn1. The monoisotopic (exact) mass is 451 g/mol. The van der Waals surface area contributed by atoms with Crippen molar-refractivity contribution in [3.05, 3.63) is 41.9 Å². The van der Waals surface area contributed by atoms with Crippen molar-refractivity contribution in [2.24, 2.45) is 5.41 Å². The van der Waals surface area contributed by atoms with E-state index in [1.54, 1.807) is 26.0 Å². The number of Topliss-reactive ketones (excluding diaryl/α,β-unsaturated/α-hetero) is 1. The summed E-state index contributed by atoms with van der Waals surface area (Å²) in [7, 11) is 0. The van der Waals surface area contributed by atoms with E-state index in [1.807, 2.05) is 0 Å². The van der Waals surface area contributed by atoms with E-state index in [4.69, 9.17) is 21.1 Å². The lowest BCUT2D eigenvalue weighted by molar-refractivity contribution is -0.222. The fourth-order valence-electron chi connectivity index (χ4n) is 2.94. The highest BCUT2D eigenvalue weighted by Crippen LogP contribution is 2.31. The largest absolute Gasteiger partial charge is 0.465 e. The Balaban J connectivity index is 2.06. The topological polar surface area (TPSA) is 104 Å². The minimum Gasteiger partial charge on any atom is -0.465 e. The van der Waals surface area contributed by atoms with E-state index in [-0.39, 0.29) is 18.3 Å². The molecule has 0 amide bonds. The first-order chi connectivity index (χ1) is 14.7. The molecule has 31 heavy (non-hydrogen) atoms. The lowest BCUT2D eigenvalue weighted by atomic mass is 9.86. The van der Waals surface area contributed by atoms with Gasteiger partial charge in [-0.2, -0.15) is 9.78 Å². The molecule has 170 valence electrons. The molecule has 0 radical (unpaired) electrons. The molecular weight excluding hydrogens is 422 g/mol. The molecule has 1 N–H and O–H groups in total. The number of benzene rings is 1. The van der Waals surface area contributed by atoms with Crippen LogP contribution in [0.4, 0.5) is 0 Å². The molecule has 1 aromatic carbocycles. The number of hydrogen-bond donors (Lipinski definition) is 1. The predicted octanol–water partition coefficient (Wildman–Crippen LogP) is 4.11. The molecule has 1 aromatic heterocycles. The summed E-state index contributed by atoms with van der Waals surface area (Å²) in [5.41, 5.74) is -1.26. The molecule has 2 aromatic rings. The zero-order valence-electron chi connectivity index (χ0n) is 18.2. The maximum absolute atomic E-state index is 13.3. The van der Waals surface area contributed by atoms with E-state index in [0.717, 1.165) is 36.8 Å². The Kier molecular flexibility index (Phi) is 9.00. The van der Waals surface area contributed by atoms with E-state index < -0.39 is 17.1 Å². The fraction of sp³-hybridized carbons (Fsp3) is 0.545. The number of aromatic nitrogens is 3. The highest BCUT2D eigenvalue weighted by atomic mass is 35.5. The van der Waals surface area contributed by atoms with Gasteiger partial charge in [0.15, 0.2) is 0 Å². The minimum atomic E-state index is -2.49. The first kappa shape index (κ1) is 24.8. The molecule has 0 aliphatic rings. The van der Waals surface area contributed by atoms with Crippen LogP contribution >= 0.6 is 11.6 Å². The van der Waals surface area contributed by atoms with Crippen LogP contribution in [-0.2, 0) is 20.2 Å². The van der Waals surface area contributed by atoms with Gasteiger partial charge in [-0.05, 0) is 44.5 Å². The molecule has 1 heterocycles. The number of esters is 1. The summed E-state index contributed by atoms with van der Waals surface area (Å²) in [6.45, 7) is 5.05. The smallest absolute Gasteiger partial charge is 0.376 e. The second-order valence-electron chi connectivity index (χ2n) is 8.04. The predicted molar refractivity (Wildman–Crippen MR) is 115 cm³/mol. The molecule has 8 nitrogen and oxygen atoms in total. The van der Waals surface area contributed by atoms with E-state index in [9.17, 15) is 14.7 Å². The Bertz CT molecular complexity index is 839. The minimum absolute atomic E-state index is 0.204. The van der Waals surface area contributed by atoms with Gasteiger partial charge >= 0.3 is 11.9 Å². The number of ketones is 1. The van der Waals surface area contributed by atoms with E-state index in [0.29, 0.717) is 11.4 Å². The van der Waals surface area contributed by atoms with Crippen molar-refractivity contribution in [1.82, 2.24) is 14.8 Å². The first-order valence-electron chi connectivity index (χ1n) is 10.4. The second-order valence-corrected chi connectivity index (χ2v) is 8.48. The molecule has 2 rings (SSSR count). The van der Waals surface area contributed by atoms with Crippen molar-refractivity contribution in [2.75, 3.05) is 6.61 Å². The summed E-state index contributed by atoms with van der Waals surface area (Å²) < 4.78 is 11.9. The molecule has 0 aliphatic carbocycles. The van der Waals surface area contributed by atoms with Gasteiger partial charge in [0, 0.05) is 11.4 Å². The first-order valence-corrected chi connectivity index (χ1v) is 10.8. The van der Waals surface area contributed by atoms with Crippen LogP contribution in [0.2, 0.25) is 5.02 Å². The van der Waals surface area contributed by atoms with E-state index in [1.165, 1.54) is 24.8 Å². The van der Waals surface area contributed by atoms with Crippen molar-refractivity contribution >= 4 is 23.4 Å². The number of rotatable bonds is 13. The molecular formula is C22H30ClN3O5. The number of carbonyl (C=O) groups is 2. The standard InChI is InChI=1S/C22H30ClN3O5/c1-4-5-6-7-8-9-19(27)30-14-21(2,3)20(28)22(29,26-16-24-15-25-26)31-18-12-10-17(23)11-13-18/h10-13,15-16,29H,4-9,14H2,1-3H3. The molecule has 0 saturated heterocycles. The molecule has 0 saturated carbocycles. The van der Waals surface area contributed by atoms with Gasteiger partial charge in [0.2, 0.25) is 5.78 Å². The fourth-order valence-corrected chi connectivity index (χ4v) is 3.07. The Morgan fingerprint density at radius 1 is 1.13 bits per heavy atom. The van der Waals surface area contributed by atoms with Crippen LogP contribution in [0.5, 0.6) is 5.75 Å². The van der Waals surface area contributed by atoms with Crippen LogP contribution in [-0.4, -0.2) is 38.2 Å². The van der Waals surface area contributed by atoms with Crippen molar-refractivity contribution in [2.45, 2.75) is 65.2 Å². The van der Waals surface area contributed by atoms with Crippen LogP contribution in [0.3, 0.4) is 0 Å². The average Bonchev–Trinajstić information content (AvgIpc) is 3.29. The highest BCUT2D eigenvalue weighted by Gasteiger charge is 2.50. The van der Waals surface area contributed by atoms with Crippen molar-refractivity contribution in [3.8, 4) is 5.75 Å². The number of aliphatic hydroxyl groups is 1. The third-order valence-electron chi connectivity index (χ3n) is 4.79. The zero-order valence-corrected chi connectivity index (χ0v) is 19.0. The van der Waals surface area contributed by atoms with Crippen LogP contribution in [0, 0.1) is 5.41 Å². The second kappa shape index (κ2) is 11.2. The van der Waals surface area contributed by atoms with Crippen LogP contribution in [0.25, 0.3) is 0 Å². The summed E-state index contributed by atoms with van der Waals surface area (Å²) in [6, 6.07) is 6.17. The number of carbonyl (C=O) groups excluding carboxylic acids is 2. The Morgan fingerprint density at radius 2 is 1.81 bits per heavy atom. The van der Waals surface area contributed by atoms with Crippen LogP contribution < -0.4 is 4.74 Å². The van der Waals surface area contributed by atoms with Gasteiger partial charge in [-0.3, -0.25) is 9.59 Å². The number of halogens is 1. The molecule has 0 spiro atoms. The summed E-state index contributed by atoms with van der Waals surface area (Å²) in [6.07, 6.45) is 7.71. The van der Waals surface area contributed by atoms with E-state index in [2.05, 4.69) is 17.0 Å². The average molecular weight is 452 g/mol. The van der Waals surface area contributed by atoms with Crippen molar-refractivity contribution < 1.29 is 24.2 Å². The van der Waals surface area contributed by atoms with Crippen LogP contribution in [0.15, 0.2) is 36.9 Å². The molecule has 0 fully saturated rings. The van der Waals surface area contributed by atoms with E-state index >= 15 is 0 Å². The van der Waals surface area contributed by atoms with Crippen molar-refractivity contribution in [3.63, 3.8) is 0 Å². The molecule has 0 bridgehead atoms. The molecule has 0 aliphatic heterocycles. The highest BCUT2D eigenvalue weighted by molar-refractivity contribution is 6.30. The third kappa shape index (κ3) is 7.04. The Hall–Kier alpha value is -2.45. The van der Waals surface area contributed by atoms with Crippen LogP contribution in [0.1, 0.15) is 59.3 Å². The number of nitrogens with zero attached hydrogens (tertiary/aromatic N) is 3. The molecule has 9 heteroatoms. The zero-order chi connectivity index (χ0) is 22.9. The lowest BCUT2D eigenvalue weighted by Gasteiger charge is -2.33. The van der Waals surface area contributed by atoms with Gasteiger partial charge in [-0.25, -0.2) is 4.98 Å². The molecule has 1 atom stereocenters. The normalized spacial score (nSPS) is 13.5. The van der Waals surface area contributed by atoms with Gasteiger partial charge in [0.05, 0.1) is 5.41 Å². The lowest BCUT2D eigenvalue weighted by Crippen LogP contribution is -2.54. The summed E-state index contributed by atoms with van der Waals surface area (Å²) in [5.74, 6) is -3.40. The Morgan fingerprint density at radius 3 is 2.42 bits per heavy atom. The summed E-state index contributed by atoms with van der Waals surface area (Å²) >= 11 is 5.89. The maximum atomic E-state index is 13.3. The number of ether oxygens (including phenoxy) is 2. The number of hydrogen-bond acceptors (Lipinski definition) is 7. The van der Waals surface area contributed by atoms with Gasteiger partial charge < -0.3 is 14.6 Å². The Labute approximate surface area is 187 Å². The third-order valence-corrected chi connectivity index (χ3v) is 5.04. The maximum Gasteiger partial charge on any atom is 0.376 e. The van der Waals surface area contributed by atoms with Gasteiger partial charge in [0.1, 0.15) is 25.0 Å². The van der Waals surface area contributed by atoms with Gasteiger partial charge in [-0.15, -0.1) is 0 Å². The number of unbranched alkanes of at least 4 members (excludes halogenated alkanes) is 4. The van der Waals surface area contributed by atoms with Gasteiger partial charge in [-0.1, -0.05) is 44.2 Å². The summed E-state index contributed by atoms with van der Waals surface area (Å²) in [4.78, 5) is 29.2. The van der Waals surface area contributed by atoms with Gasteiger partial charge in [0.25, 0.3) is 0 Å². The molecule has 1 unspecified atom stereocenters.